The maximum atomic E-state index is 11.4. The zero-order valence-corrected chi connectivity index (χ0v) is 15.9. The molecule has 0 saturated carbocycles. The number of allylic oxidation sites excluding steroid dienone is 2. The number of rotatable bonds is 7. The van der Waals surface area contributed by atoms with Crippen molar-refractivity contribution in [2.24, 2.45) is 0 Å². The number of ether oxygens (including phenoxy) is 1. The summed E-state index contributed by atoms with van der Waals surface area (Å²) in [5.74, 6) is -0.257. The van der Waals surface area contributed by atoms with Gasteiger partial charge in [0.2, 0.25) is 0 Å². The van der Waals surface area contributed by atoms with Crippen molar-refractivity contribution in [2.45, 2.75) is 72.2 Å². The molecule has 0 amide bonds. The fraction of sp³-hybridized carbons (Fsp3) is 0.706. The van der Waals surface area contributed by atoms with E-state index in [2.05, 4.69) is 40.8 Å². The first kappa shape index (κ1) is 20.1. The van der Waals surface area contributed by atoms with E-state index in [0.29, 0.717) is 12.2 Å². The lowest BCUT2D eigenvalue weighted by molar-refractivity contribution is -0.138. The van der Waals surface area contributed by atoms with Crippen molar-refractivity contribution in [3.8, 4) is 0 Å². The first-order chi connectivity index (χ1) is 9.51. The van der Waals surface area contributed by atoms with E-state index in [1.54, 1.807) is 19.9 Å². The molecule has 0 aromatic carbocycles. The predicted molar refractivity (Wildman–Crippen MR) is 91.9 cm³/mol. The molecule has 0 aromatic heterocycles. The Bertz CT molecular complexity index is 389. The monoisotopic (exact) mass is 312 g/mol. The summed E-state index contributed by atoms with van der Waals surface area (Å²) >= 11 is 0. The van der Waals surface area contributed by atoms with Gasteiger partial charge < -0.3 is 9.16 Å². The summed E-state index contributed by atoms with van der Waals surface area (Å²) in [5, 5.41) is 0.228. The highest BCUT2D eigenvalue weighted by Crippen LogP contribution is 2.37. The van der Waals surface area contributed by atoms with Gasteiger partial charge in [-0.25, -0.2) is 4.79 Å². The largest absolute Gasteiger partial charge is 0.463 e. The number of esters is 1. The predicted octanol–water partition coefficient (Wildman–Crippen LogP) is 4.85. The van der Waals surface area contributed by atoms with Crippen molar-refractivity contribution in [1.82, 2.24) is 0 Å². The second kappa shape index (κ2) is 8.54. The van der Waals surface area contributed by atoms with Gasteiger partial charge in [-0.1, -0.05) is 39.0 Å². The van der Waals surface area contributed by atoms with Crippen LogP contribution < -0.4 is 0 Å². The van der Waals surface area contributed by atoms with Gasteiger partial charge in [-0.3, -0.25) is 0 Å². The van der Waals surface area contributed by atoms with Gasteiger partial charge in [0, 0.05) is 11.7 Å². The Morgan fingerprint density at radius 2 is 1.86 bits per heavy atom. The molecular formula is C17H32O3Si. The standard InChI is InChI=1S/C17H32O3Si/c1-9-19-16(18)14(2)12-10-11-13-15(3)20-21(7,8)17(4,5)6/h10-12,15H,9,13H2,1-8H3/b11-10+,14-12+/t15-/m1/s1. The number of hydrogen-bond acceptors (Lipinski definition) is 3. The average molecular weight is 313 g/mol. The van der Waals surface area contributed by atoms with Crippen molar-refractivity contribution >= 4 is 14.3 Å². The van der Waals surface area contributed by atoms with E-state index in [1.165, 1.54) is 0 Å². The Hall–Kier alpha value is -0.873. The maximum Gasteiger partial charge on any atom is 0.333 e. The van der Waals surface area contributed by atoms with Gasteiger partial charge in [-0.15, -0.1) is 0 Å². The van der Waals surface area contributed by atoms with E-state index in [-0.39, 0.29) is 17.1 Å². The molecule has 0 rings (SSSR count). The highest BCUT2D eigenvalue weighted by molar-refractivity contribution is 6.74. The lowest BCUT2D eigenvalue weighted by Gasteiger charge is -2.38. The van der Waals surface area contributed by atoms with Crippen LogP contribution in [0, 0.1) is 0 Å². The first-order valence-corrected chi connectivity index (χ1v) is 10.6. The zero-order valence-electron chi connectivity index (χ0n) is 14.9. The molecule has 0 aromatic rings. The van der Waals surface area contributed by atoms with Gasteiger partial charge in [0.25, 0.3) is 0 Å². The fourth-order valence-electron chi connectivity index (χ4n) is 1.52. The van der Waals surface area contributed by atoms with Gasteiger partial charge in [-0.05, 0) is 45.3 Å². The van der Waals surface area contributed by atoms with Crippen LogP contribution in [0.15, 0.2) is 23.8 Å². The number of carbonyl (C=O) groups excluding carboxylic acids is 1. The van der Waals surface area contributed by atoms with Crippen molar-refractivity contribution in [3.63, 3.8) is 0 Å². The van der Waals surface area contributed by atoms with Crippen LogP contribution in [0.5, 0.6) is 0 Å². The molecule has 0 fully saturated rings. The molecule has 0 aliphatic rings. The first-order valence-electron chi connectivity index (χ1n) is 7.69. The minimum atomic E-state index is -1.70. The van der Waals surface area contributed by atoms with Gasteiger partial charge >= 0.3 is 5.97 Å². The Labute approximate surface area is 131 Å². The molecule has 0 aliphatic carbocycles. The average Bonchev–Trinajstić information content (AvgIpc) is 2.32. The number of carbonyl (C=O) groups is 1. The summed E-state index contributed by atoms with van der Waals surface area (Å²) in [5.41, 5.74) is 0.617. The van der Waals surface area contributed by atoms with Crippen molar-refractivity contribution < 1.29 is 14.0 Å². The number of hydrogen-bond donors (Lipinski definition) is 0. The normalized spacial score (nSPS) is 15.3. The highest BCUT2D eigenvalue weighted by Gasteiger charge is 2.38. The van der Waals surface area contributed by atoms with Gasteiger partial charge in [0.1, 0.15) is 0 Å². The van der Waals surface area contributed by atoms with Crippen LogP contribution in [-0.4, -0.2) is 27.0 Å². The van der Waals surface area contributed by atoms with Crippen LogP contribution in [-0.2, 0) is 14.0 Å². The summed E-state index contributed by atoms with van der Waals surface area (Å²) in [4.78, 5) is 11.4. The summed E-state index contributed by atoms with van der Waals surface area (Å²) in [6.45, 7) is 17.3. The van der Waals surface area contributed by atoms with Crippen LogP contribution in [0.4, 0.5) is 0 Å². The quantitative estimate of drug-likeness (QED) is 0.292. The SMILES string of the molecule is CCOC(=O)/C(C)=C/C=C/C[C@@H](C)O[Si](C)(C)C(C)(C)C. The molecule has 3 nitrogen and oxygen atoms in total. The zero-order chi connectivity index (χ0) is 16.7. The fourth-order valence-corrected chi connectivity index (χ4v) is 2.98. The molecule has 0 radical (unpaired) electrons. The van der Waals surface area contributed by atoms with Crippen molar-refractivity contribution in [1.29, 1.82) is 0 Å². The van der Waals surface area contributed by atoms with E-state index in [0.717, 1.165) is 6.42 Å². The summed E-state index contributed by atoms with van der Waals surface area (Å²) < 4.78 is 11.2. The van der Waals surface area contributed by atoms with Crippen LogP contribution in [0.1, 0.15) is 48.0 Å². The minimum Gasteiger partial charge on any atom is -0.463 e. The molecule has 0 spiro atoms. The smallest absolute Gasteiger partial charge is 0.333 e. The van der Waals surface area contributed by atoms with Crippen LogP contribution >= 0.6 is 0 Å². The second-order valence-electron chi connectivity index (χ2n) is 6.92. The van der Waals surface area contributed by atoms with Gasteiger partial charge in [-0.2, -0.15) is 0 Å². The minimum absolute atomic E-state index is 0.193. The Kier molecular flexibility index (Phi) is 8.19. The molecule has 4 heteroatoms. The van der Waals surface area contributed by atoms with Crippen LogP contribution in [0.3, 0.4) is 0 Å². The summed E-state index contributed by atoms with van der Waals surface area (Å²) in [7, 11) is -1.70. The highest BCUT2D eigenvalue weighted by atomic mass is 28.4. The summed E-state index contributed by atoms with van der Waals surface area (Å²) in [6, 6.07) is 0. The van der Waals surface area contributed by atoms with E-state index < -0.39 is 8.32 Å². The van der Waals surface area contributed by atoms with E-state index in [4.69, 9.17) is 9.16 Å². The lowest BCUT2D eigenvalue weighted by Crippen LogP contribution is -2.43. The lowest BCUT2D eigenvalue weighted by atomic mass is 10.2. The van der Waals surface area contributed by atoms with Crippen LogP contribution in [0.25, 0.3) is 0 Å². The molecule has 0 heterocycles. The van der Waals surface area contributed by atoms with Crippen molar-refractivity contribution in [2.75, 3.05) is 6.61 Å². The Balaban J connectivity index is 4.38. The van der Waals surface area contributed by atoms with Crippen LogP contribution in [0.2, 0.25) is 18.1 Å². The third kappa shape index (κ3) is 7.62. The maximum absolute atomic E-state index is 11.4. The molecule has 0 unspecified atom stereocenters. The summed E-state index contributed by atoms with van der Waals surface area (Å²) in [6.07, 6.45) is 6.77. The van der Waals surface area contributed by atoms with E-state index in [9.17, 15) is 4.79 Å². The Morgan fingerprint density at radius 1 is 1.29 bits per heavy atom. The topological polar surface area (TPSA) is 35.5 Å². The third-order valence-electron chi connectivity index (χ3n) is 3.85. The molecule has 122 valence electrons. The molecular weight excluding hydrogens is 280 g/mol. The van der Waals surface area contributed by atoms with Gasteiger partial charge in [0.15, 0.2) is 8.32 Å². The molecule has 1 atom stereocenters. The molecule has 0 aliphatic heterocycles. The molecule has 0 N–H and O–H groups in total. The van der Waals surface area contributed by atoms with Crippen molar-refractivity contribution in [3.05, 3.63) is 23.8 Å². The van der Waals surface area contributed by atoms with Gasteiger partial charge in [0.05, 0.1) is 6.61 Å². The van der Waals surface area contributed by atoms with E-state index >= 15 is 0 Å². The Morgan fingerprint density at radius 3 is 2.33 bits per heavy atom. The molecule has 0 saturated heterocycles. The van der Waals surface area contributed by atoms with E-state index in [1.807, 2.05) is 12.2 Å². The third-order valence-corrected chi connectivity index (χ3v) is 8.45. The molecule has 21 heavy (non-hydrogen) atoms. The molecule has 0 bridgehead atoms. The second-order valence-corrected chi connectivity index (χ2v) is 11.7.